The predicted octanol–water partition coefficient (Wildman–Crippen LogP) is 9.49. The van der Waals surface area contributed by atoms with Crippen molar-refractivity contribution < 1.29 is 23.9 Å². The van der Waals surface area contributed by atoms with E-state index in [1.54, 1.807) is 0 Å². The molecule has 0 fully saturated rings. The first-order valence-corrected chi connectivity index (χ1v) is 17.5. The van der Waals surface area contributed by atoms with Gasteiger partial charge in [0.05, 0.1) is 18.9 Å². The molecule has 2 atom stereocenters. The highest BCUT2D eigenvalue weighted by atomic mass is 32.2. The van der Waals surface area contributed by atoms with E-state index in [9.17, 15) is 14.4 Å². The Morgan fingerprint density at radius 1 is 0.744 bits per heavy atom. The molecular weight excluding hydrogens is 508 g/mol. The zero-order chi connectivity index (χ0) is 29.0. The van der Waals surface area contributed by atoms with Crippen LogP contribution in [0, 0.1) is 11.8 Å². The van der Waals surface area contributed by atoms with Gasteiger partial charge in [-0.25, -0.2) is 0 Å². The summed E-state index contributed by atoms with van der Waals surface area (Å²) in [6.45, 7) is 9.27. The van der Waals surface area contributed by atoms with Crippen LogP contribution in [0.4, 0.5) is 0 Å². The van der Waals surface area contributed by atoms with E-state index in [-0.39, 0.29) is 24.5 Å². The molecule has 6 heteroatoms. The van der Waals surface area contributed by atoms with Crippen LogP contribution in [0.2, 0.25) is 0 Å². The second kappa shape index (κ2) is 28.5. The second-order valence-corrected chi connectivity index (χ2v) is 12.3. The summed E-state index contributed by atoms with van der Waals surface area (Å²) < 4.78 is 11.5. The van der Waals surface area contributed by atoms with E-state index in [0.29, 0.717) is 30.5 Å². The van der Waals surface area contributed by atoms with Crippen LogP contribution in [-0.4, -0.2) is 42.4 Å². The van der Waals surface area contributed by atoms with Crippen molar-refractivity contribution in [2.75, 3.05) is 18.1 Å². The fraction of sp³-hybridized carbons (Fsp3) is 0.909. The molecule has 230 valence electrons. The number of thioether (sulfide) groups is 1. The van der Waals surface area contributed by atoms with Gasteiger partial charge in [-0.15, -0.1) is 0 Å². The Bertz CT molecular complexity index is 566. The molecule has 0 N–H and O–H groups in total. The van der Waals surface area contributed by atoms with Crippen molar-refractivity contribution in [2.45, 2.75) is 162 Å². The molecule has 0 bridgehead atoms. The number of carbonyl (C=O) groups is 3. The molecule has 2 unspecified atom stereocenters. The Labute approximate surface area is 245 Å². The molecule has 0 aromatic carbocycles. The lowest BCUT2D eigenvalue weighted by Gasteiger charge is -2.21. The average molecular weight is 571 g/mol. The van der Waals surface area contributed by atoms with Crippen LogP contribution in [-0.2, 0) is 23.9 Å². The standard InChI is InChI=1S/C33H62O5S/c1-5-9-12-14-16-18-21-31(22-19-17-15-13-10-6-2)38-33(36)30(23-25-34)28-39-26-24-32(35)37-27-29(8-4)20-11-7-3/h25,29-31H,5-24,26-28H2,1-4H3. The summed E-state index contributed by atoms with van der Waals surface area (Å²) in [6.07, 6.45) is 22.2. The topological polar surface area (TPSA) is 69.7 Å². The quantitative estimate of drug-likeness (QED) is 0.0507. The van der Waals surface area contributed by atoms with Crippen LogP contribution < -0.4 is 0 Å². The normalized spacial score (nSPS) is 12.8. The van der Waals surface area contributed by atoms with E-state index >= 15 is 0 Å². The Morgan fingerprint density at radius 3 is 1.85 bits per heavy atom. The molecule has 5 nitrogen and oxygen atoms in total. The number of hydrogen-bond donors (Lipinski definition) is 0. The van der Waals surface area contributed by atoms with Gasteiger partial charge in [-0.1, -0.05) is 111 Å². The van der Waals surface area contributed by atoms with E-state index in [1.165, 1.54) is 82.4 Å². The van der Waals surface area contributed by atoms with Crippen molar-refractivity contribution in [3.05, 3.63) is 0 Å². The molecule has 0 rings (SSSR count). The van der Waals surface area contributed by atoms with Crippen LogP contribution in [0.1, 0.15) is 156 Å². The van der Waals surface area contributed by atoms with Crippen molar-refractivity contribution in [3.8, 4) is 0 Å². The maximum absolute atomic E-state index is 13.0. The molecule has 0 aliphatic rings. The van der Waals surface area contributed by atoms with Crippen LogP contribution in [0.15, 0.2) is 0 Å². The fourth-order valence-electron chi connectivity index (χ4n) is 4.74. The van der Waals surface area contributed by atoms with Crippen LogP contribution in [0.3, 0.4) is 0 Å². The third-order valence-electron chi connectivity index (χ3n) is 7.55. The Hall–Kier alpha value is -1.04. The van der Waals surface area contributed by atoms with E-state index in [2.05, 4.69) is 27.7 Å². The molecule has 0 aromatic heterocycles. The third-order valence-corrected chi connectivity index (χ3v) is 8.68. The Balaban J connectivity index is 4.57. The molecular formula is C33H62O5S. The minimum Gasteiger partial charge on any atom is -0.465 e. The van der Waals surface area contributed by atoms with Gasteiger partial charge in [-0.05, 0) is 38.0 Å². The fourth-order valence-corrected chi connectivity index (χ4v) is 5.77. The lowest BCUT2D eigenvalue weighted by molar-refractivity contribution is -0.154. The minimum absolute atomic E-state index is 0.0526. The molecule has 0 saturated carbocycles. The summed E-state index contributed by atoms with van der Waals surface area (Å²) in [4.78, 5) is 36.5. The molecule has 0 saturated heterocycles. The average Bonchev–Trinajstić information content (AvgIpc) is 2.93. The molecule has 0 aliphatic heterocycles. The van der Waals surface area contributed by atoms with Crippen LogP contribution >= 0.6 is 11.8 Å². The van der Waals surface area contributed by atoms with Gasteiger partial charge in [0.2, 0.25) is 0 Å². The van der Waals surface area contributed by atoms with Crippen molar-refractivity contribution in [3.63, 3.8) is 0 Å². The molecule has 0 heterocycles. The number of aldehydes is 1. The van der Waals surface area contributed by atoms with Crippen molar-refractivity contribution >= 4 is 30.0 Å². The van der Waals surface area contributed by atoms with E-state index < -0.39 is 5.92 Å². The van der Waals surface area contributed by atoms with Gasteiger partial charge < -0.3 is 14.3 Å². The molecule has 0 aliphatic carbocycles. The number of ether oxygens (including phenoxy) is 2. The van der Waals surface area contributed by atoms with Gasteiger partial charge in [0.15, 0.2) is 0 Å². The number of rotatable bonds is 29. The van der Waals surface area contributed by atoms with E-state index in [4.69, 9.17) is 9.47 Å². The molecule has 39 heavy (non-hydrogen) atoms. The third kappa shape index (κ3) is 23.4. The van der Waals surface area contributed by atoms with Crippen molar-refractivity contribution in [1.82, 2.24) is 0 Å². The number of esters is 2. The van der Waals surface area contributed by atoms with Crippen LogP contribution in [0.5, 0.6) is 0 Å². The Kier molecular flexibility index (Phi) is 27.7. The summed E-state index contributed by atoms with van der Waals surface area (Å²) in [5.41, 5.74) is 0. The predicted molar refractivity (Wildman–Crippen MR) is 166 cm³/mol. The lowest BCUT2D eigenvalue weighted by atomic mass is 10.0. The lowest BCUT2D eigenvalue weighted by Crippen LogP contribution is -2.26. The molecule has 0 aromatic rings. The number of carbonyl (C=O) groups excluding carboxylic acids is 3. The van der Waals surface area contributed by atoms with Crippen molar-refractivity contribution in [2.24, 2.45) is 11.8 Å². The molecule has 0 spiro atoms. The summed E-state index contributed by atoms with van der Waals surface area (Å²) in [5, 5.41) is 0. The zero-order valence-corrected chi connectivity index (χ0v) is 26.8. The monoisotopic (exact) mass is 570 g/mol. The zero-order valence-electron chi connectivity index (χ0n) is 26.0. The largest absolute Gasteiger partial charge is 0.465 e. The first-order valence-electron chi connectivity index (χ1n) is 16.4. The van der Waals surface area contributed by atoms with Gasteiger partial charge in [0.1, 0.15) is 12.4 Å². The summed E-state index contributed by atoms with van der Waals surface area (Å²) in [7, 11) is 0. The summed E-state index contributed by atoms with van der Waals surface area (Å²) >= 11 is 1.54. The first kappa shape index (κ1) is 38.0. The minimum atomic E-state index is -0.446. The molecule has 0 amide bonds. The SMILES string of the molecule is CCCCCCCCC(CCCCCCCC)OC(=O)C(CC=O)CSCCC(=O)OCC(CC)CCCC. The van der Waals surface area contributed by atoms with Gasteiger partial charge in [0.25, 0.3) is 0 Å². The van der Waals surface area contributed by atoms with Gasteiger partial charge in [-0.3, -0.25) is 9.59 Å². The van der Waals surface area contributed by atoms with Gasteiger partial charge in [0, 0.05) is 17.9 Å². The summed E-state index contributed by atoms with van der Waals surface area (Å²) in [6, 6.07) is 0. The van der Waals surface area contributed by atoms with Crippen LogP contribution in [0.25, 0.3) is 0 Å². The highest BCUT2D eigenvalue weighted by molar-refractivity contribution is 7.99. The highest BCUT2D eigenvalue weighted by Gasteiger charge is 2.23. The maximum atomic E-state index is 13.0. The number of hydrogen-bond acceptors (Lipinski definition) is 6. The van der Waals surface area contributed by atoms with Gasteiger partial charge in [-0.2, -0.15) is 11.8 Å². The Morgan fingerprint density at radius 2 is 1.31 bits per heavy atom. The molecule has 0 radical (unpaired) electrons. The van der Waals surface area contributed by atoms with E-state index in [0.717, 1.165) is 51.2 Å². The second-order valence-electron chi connectivity index (χ2n) is 11.2. The maximum Gasteiger partial charge on any atom is 0.310 e. The smallest absolute Gasteiger partial charge is 0.310 e. The van der Waals surface area contributed by atoms with E-state index in [1.807, 2.05) is 0 Å². The highest BCUT2D eigenvalue weighted by Crippen LogP contribution is 2.21. The summed E-state index contributed by atoms with van der Waals surface area (Å²) in [5.74, 6) is 0.657. The van der Waals surface area contributed by atoms with Crippen molar-refractivity contribution in [1.29, 1.82) is 0 Å². The first-order chi connectivity index (χ1) is 19.0. The number of unbranched alkanes of at least 4 members (excludes halogenated alkanes) is 11. The van der Waals surface area contributed by atoms with Gasteiger partial charge >= 0.3 is 11.9 Å².